The Morgan fingerprint density at radius 1 is 1.10 bits per heavy atom. The van der Waals surface area contributed by atoms with Crippen LogP contribution in [0.15, 0.2) is 42.6 Å². The van der Waals surface area contributed by atoms with E-state index in [0.717, 1.165) is 24.4 Å². The fourth-order valence-electron chi connectivity index (χ4n) is 3.96. The number of benzene rings is 1. The number of fused-ring (bicyclic) bond motifs is 1. The van der Waals surface area contributed by atoms with Gasteiger partial charge in [-0.1, -0.05) is 24.3 Å². The second-order valence-corrected chi connectivity index (χ2v) is 7.70. The molecule has 1 atom stereocenters. The molecule has 1 aromatic carbocycles. The lowest BCUT2D eigenvalue weighted by Gasteiger charge is -2.31. The molecule has 3 heterocycles. The van der Waals surface area contributed by atoms with Crippen LogP contribution in [0.4, 0.5) is 4.79 Å². The quantitative estimate of drug-likeness (QED) is 0.724. The summed E-state index contributed by atoms with van der Waals surface area (Å²) in [6.07, 6.45) is 1.62. The molecule has 0 spiro atoms. The van der Waals surface area contributed by atoms with Crippen molar-refractivity contribution in [2.75, 3.05) is 26.2 Å². The van der Waals surface area contributed by atoms with Crippen molar-refractivity contribution in [1.29, 1.82) is 5.26 Å². The van der Waals surface area contributed by atoms with Gasteiger partial charge in [-0.25, -0.2) is 4.79 Å². The number of amides is 3. The van der Waals surface area contributed by atoms with Crippen molar-refractivity contribution in [1.82, 2.24) is 19.7 Å². The average molecular weight is 405 g/mol. The van der Waals surface area contributed by atoms with Gasteiger partial charge in [0.1, 0.15) is 12.6 Å². The third-order valence-electron chi connectivity index (χ3n) is 5.51. The number of nitriles is 1. The summed E-state index contributed by atoms with van der Waals surface area (Å²) in [4.78, 5) is 33.8. The average Bonchev–Trinajstić information content (AvgIpc) is 3.01. The van der Waals surface area contributed by atoms with Gasteiger partial charge in [0.25, 0.3) is 5.91 Å². The van der Waals surface area contributed by atoms with Gasteiger partial charge in [-0.3, -0.25) is 19.6 Å². The Hall–Kier alpha value is -3.28. The summed E-state index contributed by atoms with van der Waals surface area (Å²) in [5.41, 5.74) is 3.56. The lowest BCUT2D eigenvalue weighted by molar-refractivity contribution is -0.125. The highest BCUT2D eigenvalue weighted by Gasteiger charge is 2.37. The van der Waals surface area contributed by atoms with E-state index in [1.54, 1.807) is 12.1 Å². The molecule has 154 valence electrons. The van der Waals surface area contributed by atoms with E-state index in [4.69, 9.17) is 5.26 Å². The van der Waals surface area contributed by atoms with E-state index in [0.29, 0.717) is 17.8 Å². The van der Waals surface area contributed by atoms with E-state index in [9.17, 15) is 14.7 Å². The highest BCUT2D eigenvalue weighted by Crippen LogP contribution is 2.19. The van der Waals surface area contributed by atoms with Gasteiger partial charge in [0.2, 0.25) is 0 Å². The number of aliphatic hydroxyl groups is 1. The Balaban J connectivity index is 1.32. The predicted molar refractivity (Wildman–Crippen MR) is 108 cm³/mol. The third-order valence-corrected chi connectivity index (χ3v) is 5.51. The van der Waals surface area contributed by atoms with Crippen LogP contribution in [0.25, 0.3) is 0 Å². The smallest absolute Gasteiger partial charge is 0.327 e. The minimum Gasteiger partial charge on any atom is -0.390 e. The molecule has 0 aliphatic carbocycles. The van der Waals surface area contributed by atoms with Crippen LogP contribution in [0.2, 0.25) is 0 Å². The maximum absolute atomic E-state index is 12.7. The summed E-state index contributed by atoms with van der Waals surface area (Å²) in [5, 5.41) is 19.4. The highest BCUT2D eigenvalue weighted by atomic mass is 16.3. The SMILES string of the molecule is N#Cc1ccc(CN2C(=O)CN(CC(O)CN3CCc4ccccc4C3)C2=O)nc1. The number of carbonyl (C=O) groups excluding carboxylic acids is 2. The summed E-state index contributed by atoms with van der Waals surface area (Å²) < 4.78 is 0. The molecule has 8 nitrogen and oxygen atoms in total. The number of imide groups is 1. The normalized spacial score (nSPS) is 17.7. The second kappa shape index (κ2) is 8.61. The van der Waals surface area contributed by atoms with E-state index in [2.05, 4.69) is 22.0 Å². The summed E-state index contributed by atoms with van der Waals surface area (Å²) >= 11 is 0. The molecule has 1 N–H and O–H groups in total. The van der Waals surface area contributed by atoms with Gasteiger partial charge in [0.05, 0.1) is 30.5 Å². The number of aromatic nitrogens is 1. The molecule has 1 saturated heterocycles. The number of hydrogen-bond acceptors (Lipinski definition) is 6. The molecular formula is C22H23N5O3. The molecule has 1 aromatic heterocycles. The number of nitrogens with zero attached hydrogens (tertiary/aromatic N) is 5. The molecule has 2 aromatic rings. The van der Waals surface area contributed by atoms with Gasteiger partial charge in [0, 0.05) is 25.8 Å². The van der Waals surface area contributed by atoms with Crippen molar-refractivity contribution in [3.05, 3.63) is 65.0 Å². The first-order valence-electron chi connectivity index (χ1n) is 9.95. The van der Waals surface area contributed by atoms with E-state index >= 15 is 0 Å². The molecule has 0 radical (unpaired) electrons. The zero-order valence-corrected chi connectivity index (χ0v) is 16.6. The summed E-state index contributed by atoms with van der Waals surface area (Å²) in [7, 11) is 0. The van der Waals surface area contributed by atoms with Crippen LogP contribution in [0.5, 0.6) is 0 Å². The number of rotatable bonds is 6. The Kier molecular flexibility index (Phi) is 5.74. The van der Waals surface area contributed by atoms with Crippen LogP contribution < -0.4 is 0 Å². The van der Waals surface area contributed by atoms with E-state index in [1.807, 2.05) is 18.2 Å². The lowest BCUT2D eigenvalue weighted by Crippen LogP contribution is -2.43. The highest BCUT2D eigenvalue weighted by molar-refractivity contribution is 6.01. The molecule has 8 heteroatoms. The number of aliphatic hydroxyl groups excluding tert-OH is 1. The molecular weight excluding hydrogens is 382 g/mol. The largest absolute Gasteiger partial charge is 0.390 e. The molecule has 3 amide bonds. The van der Waals surface area contributed by atoms with Gasteiger partial charge in [-0.2, -0.15) is 5.26 Å². The van der Waals surface area contributed by atoms with Crippen molar-refractivity contribution < 1.29 is 14.7 Å². The molecule has 2 aliphatic heterocycles. The Bertz CT molecular complexity index is 985. The maximum Gasteiger partial charge on any atom is 0.327 e. The predicted octanol–water partition coefficient (Wildman–Crippen LogP) is 1.14. The Morgan fingerprint density at radius 2 is 1.90 bits per heavy atom. The first kappa shape index (κ1) is 20.0. The topological polar surface area (TPSA) is 101 Å². The van der Waals surface area contributed by atoms with Crippen LogP contribution >= 0.6 is 0 Å². The van der Waals surface area contributed by atoms with Crippen molar-refractivity contribution in [3.63, 3.8) is 0 Å². The Labute approximate surface area is 175 Å². The van der Waals surface area contributed by atoms with Crippen LogP contribution in [-0.2, 0) is 24.3 Å². The molecule has 1 fully saturated rings. The van der Waals surface area contributed by atoms with Crippen LogP contribution in [0.1, 0.15) is 22.4 Å². The number of urea groups is 1. The molecule has 0 saturated carbocycles. The molecule has 4 rings (SSSR count). The van der Waals surface area contributed by atoms with E-state index in [1.165, 1.54) is 22.2 Å². The van der Waals surface area contributed by atoms with Crippen molar-refractivity contribution in [3.8, 4) is 6.07 Å². The first-order chi connectivity index (χ1) is 14.5. The number of β-amino-alcohol motifs (C(OH)–C–C–N with tert-alkyl or cyclic N) is 1. The summed E-state index contributed by atoms with van der Waals surface area (Å²) in [5.74, 6) is -0.315. The fourth-order valence-corrected chi connectivity index (χ4v) is 3.96. The van der Waals surface area contributed by atoms with Crippen molar-refractivity contribution >= 4 is 11.9 Å². The van der Waals surface area contributed by atoms with Crippen molar-refractivity contribution in [2.24, 2.45) is 0 Å². The first-order valence-corrected chi connectivity index (χ1v) is 9.95. The van der Waals surface area contributed by atoms with E-state index < -0.39 is 12.1 Å². The molecule has 30 heavy (non-hydrogen) atoms. The molecule has 2 aliphatic rings. The maximum atomic E-state index is 12.7. The third kappa shape index (κ3) is 4.32. The van der Waals surface area contributed by atoms with Crippen molar-refractivity contribution in [2.45, 2.75) is 25.6 Å². The van der Waals surface area contributed by atoms with E-state index in [-0.39, 0.29) is 25.5 Å². The monoisotopic (exact) mass is 405 g/mol. The zero-order valence-electron chi connectivity index (χ0n) is 16.6. The van der Waals surface area contributed by atoms with Crippen LogP contribution in [-0.4, -0.2) is 69.0 Å². The molecule has 0 bridgehead atoms. The lowest BCUT2D eigenvalue weighted by atomic mass is 10.00. The zero-order chi connectivity index (χ0) is 21.1. The number of carbonyl (C=O) groups is 2. The second-order valence-electron chi connectivity index (χ2n) is 7.70. The minimum atomic E-state index is -0.736. The van der Waals surface area contributed by atoms with Gasteiger partial charge < -0.3 is 10.0 Å². The van der Waals surface area contributed by atoms with Gasteiger partial charge in [0.15, 0.2) is 0 Å². The Morgan fingerprint density at radius 3 is 2.63 bits per heavy atom. The molecule has 1 unspecified atom stereocenters. The van der Waals surface area contributed by atoms with Crippen LogP contribution in [0.3, 0.4) is 0 Å². The summed E-state index contributed by atoms with van der Waals surface area (Å²) in [6, 6.07) is 13.1. The number of hydrogen-bond donors (Lipinski definition) is 1. The van der Waals surface area contributed by atoms with Gasteiger partial charge in [-0.15, -0.1) is 0 Å². The van der Waals surface area contributed by atoms with Crippen LogP contribution in [0, 0.1) is 11.3 Å². The van der Waals surface area contributed by atoms with Gasteiger partial charge >= 0.3 is 6.03 Å². The summed E-state index contributed by atoms with van der Waals surface area (Å²) in [6.45, 7) is 2.20. The minimum absolute atomic E-state index is 0.0466. The fraction of sp³-hybridized carbons (Fsp3) is 0.364. The number of pyridine rings is 1. The van der Waals surface area contributed by atoms with Gasteiger partial charge in [-0.05, 0) is 29.7 Å². The standard InChI is InChI=1S/C22H23N5O3/c23-9-16-5-6-19(24-10-16)12-27-21(29)15-26(22(27)30)14-20(28)13-25-8-7-17-3-1-2-4-18(17)11-25/h1-6,10,20,28H,7-8,11-15H2.